The van der Waals surface area contributed by atoms with Crippen LogP contribution in [0.5, 0.6) is 17.2 Å². The van der Waals surface area contributed by atoms with Crippen LogP contribution in [0.1, 0.15) is 23.6 Å². The second-order valence-corrected chi connectivity index (χ2v) is 5.80. The molecule has 0 saturated heterocycles. The summed E-state index contributed by atoms with van der Waals surface area (Å²) in [6, 6.07) is 11.4. The molecule has 2 aromatic rings. The predicted octanol–water partition coefficient (Wildman–Crippen LogP) is 3.15. The van der Waals surface area contributed by atoms with E-state index >= 15 is 0 Å². The van der Waals surface area contributed by atoms with Gasteiger partial charge in [-0.2, -0.15) is 0 Å². The monoisotopic (exact) mass is 389 g/mol. The number of methoxy groups -OCH3 is 3. The Kier molecular flexibility index (Phi) is 7.50. The zero-order chi connectivity index (χ0) is 20.5. The van der Waals surface area contributed by atoms with Gasteiger partial charge in [0.2, 0.25) is 0 Å². The quantitative estimate of drug-likeness (QED) is 0.679. The summed E-state index contributed by atoms with van der Waals surface area (Å²) in [6.07, 6.45) is -1.14. The molecule has 1 atom stereocenters. The maximum absolute atomic E-state index is 12.3. The van der Waals surface area contributed by atoms with Gasteiger partial charge in [-0.05, 0) is 5.56 Å². The van der Waals surface area contributed by atoms with E-state index in [-0.39, 0.29) is 13.0 Å². The number of hydrogen-bond donors (Lipinski definition) is 2. The van der Waals surface area contributed by atoms with Crippen LogP contribution in [-0.2, 0) is 16.1 Å². The Morgan fingerprint density at radius 1 is 1.00 bits per heavy atom. The molecule has 0 aromatic heterocycles. The summed E-state index contributed by atoms with van der Waals surface area (Å²) < 4.78 is 21.1. The molecule has 0 radical (unpaired) electrons. The minimum atomic E-state index is -1.10. The van der Waals surface area contributed by atoms with E-state index in [0.717, 1.165) is 5.56 Å². The number of carbonyl (C=O) groups is 2. The van der Waals surface area contributed by atoms with E-state index in [1.165, 1.54) is 21.3 Å². The van der Waals surface area contributed by atoms with Gasteiger partial charge >= 0.3 is 12.1 Å². The Morgan fingerprint density at radius 2 is 1.61 bits per heavy atom. The molecule has 0 saturated carbocycles. The Morgan fingerprint density at radius 3 is 2.11 bits per heavy atom. The van der Waals surface area contributed by atoms with Gasteiger partial charge < -0.3 is 29.4 Å². The number of aliphatic carboxylic acids is 1. The lowest BCUT2D eigenvalue weighted by Crippen LogP contribution is -2.31. The molecule has 0 aliphatic rings. The molecule has 150 valence electrons. The lowest BCUT2D eigenvalue weighted by molar-refractivity contribution is -0.137. The maximum atomic E-state index is 12.3. The highest BCUT2D eigenvalue weighted by atomic mass is 16.5. The first-order valence-corrected chi connectivity index (χ1v) is 8.47. The highest BCUT2D eigenvalue weighted by molar-refractivity contribution is 5.73. The molecule has 0 aliphatic heterocycles. The van der Waals surface area contributed by atoms with Gasteiger partial charge in [-0.15, -0.1) is 0 Å². The van der Waals surface area contributed by atoms with Crippen molar-refractivity contribution in [1.29, 1.82) is 0 Å². The van der Waals surface area contributed by atoms with Crippen LogP contribution in [0.3, 0.4) is 0 Å². The van der Waals surface area contributed by atoms with Crippen molar-refractivity contribution >= 4 is 12.1 Å². The van der Waals surface area contributed by atoms with Crippen molar-refractivity contribution in [2.24, 2.45) is 0 Å². The number of benzene rings is 2. The number of ether oxygens (including phenoxy) is 4. The van der Waals surface area contributed by atoms with E-state index in [1.807, 2.05) is 30.3 Å². The molecule has 8 nitrogen and oxygen atoms in total. The number of alkyl carbamates (subject to hydrolysis) is 1. The average Bonchev–Trinajstić information content (AvgIpc) is 2.71. The van der Waals surface area contributed by atoms with Gasteiger partial charge in [-0.3, -0.25) is 4.79 Å². The zero-order valence-electron chi connectivity index (χ0n) is 15.9. The standard InChI is InChI=1S/C20H23NO7/c1-25-14-9-16(26-2)19(17(10-14)27-3)15(11-18(22)23)21-20(24)28-12-13-7-5-4-6-8-13/h4-10,15H,11-12H2,1-3H3,(H,21,24)(H,22,23). The van der Waals surface area contributed by atoms with Crippen LogP contribution in [0.25, 0.3) is 0 Å². The molecule has 0 bridgehead atoms. The van der Waals surface area contributed by atoms with Gasteiger partial charge in [0.05, 0.1) is 39.4 Å². The number of carboxylic acids is 1. The molecular weight excluding hydrogens is 366 g/mol. The van der Waals surface area contributed by atoms with E-state index in [1.54, 1.807) is 12.1 Å². The van der Waals surface area contributed by atoms with Crippen LogP contribution in [0, 0.1) is 0 Å². The summed E-state index contributed by atoms with van der Waals surface area (Å²) in [5.74, 6) is 0.0167. The van der Waals surface area contributed by atoms with Gasteiger partial charge in [-0.25, -0.2) is 4.79 Å². The maximum Gasteiger partial charge on any atom is 0.407 e. The Labute approximate surface area is 163 Å². The summed E-state index contributed by atoms with van der Waals surface area (Å²) in [4.78, 5) is 23.6. The number of amides is 1. The number of hydrogen-bond acceptors (Lipinski definition) is 6. The summed E-state index contributed by atoms with van der Waals surface area (Å²) in [5.41, 5.74) is 1.19. The number of carboxylic acid groups (broad SMARTS) is 1. The fourth-order valence-corrected chi connectivity index (χ4v) is 2.68. The molecule has 0 fully saturated rings. The van der Waals surface area contributed by atoms with Crippen LogP contribution in [0.15, 0.2) is 42.5 Å². The molecule has 0 heterocycles. The zero-order valence-corrected chi connectivity index (χ0v) is 15.9. The molecule has 2 aromatic carbocycles. The van der Waals surface area contributed by atoms with E-state index in [9.17, 15) is 14.7 Å². The smallest absolute Gasteiger partial charge is 0.407 e. The van der Waals surface area contributed by atoms with E-state index in [0.29, 0.717) is 22.8 Å². The molecule has 1 amide bonds. The summed E-state index contributed by atoms with van der Waals surface area (Å²) in [6.45, 7) is 0.0589. The number of carbonyl (C=O) groups excluding carboxylic acids is 1. The lowest BCUT2D eigenvalue weighted by Gasteiger charge is -2.22. The first-order valence-electron chi connectivity index (χ1n) is 8.47. The summed E-state index contributed by atoms with van der Waals surface area (Å²) >= 11 is 0. The van der Waals surface area contributed by atoms with Crippen molar-refractivity contribution in [2.75, 3.05) is 21.3 Å². The predicted molar refractivity (Wildman–Crippen MR) is 101 cm³/mol. The number of rotatable bonds is 9. The average molecular weight is 389 g/mol. The molecule has 0 aliphatic carbocycles. The van der Waals surface area contributed by atoms with Crippen molar-refractivity contribution in [1.82, 2.24) is 5.32 Å². The van der Waals surface area contributed by atoms with Crippen molar-refractivity contribution in [3.05, 3.63) is 53.6 Å². The van der Waals surface area contributed by atoms with Crippen molar-refractivity contribution in [3.63, 3.8) is 0 Å². The van der Waals surface area contributed by atoms with Crippen LogP contribution < -0.4 is 19.5 Å². The third kappa shape index (κ3) is 5.54. The Hall–Kier alpha value is -3.42. The second-order valence-electron chi connectivity index (χ2n) is 5.80. The number of nitrogens with one attached hydrogen (secondary N) is 1. The van der Waals surface area contributed by atoms with Crippen LogP contribution >= 0.6 is 0 Å². The van der Waals surface area contributed by atoms with Gasteiger partial charge in [-0.1, -0.05) is 30.3 Å². The lowest BCUT2D eigenvalue weighted by atomic mass is 10.0. The molecule has 8 heteroatoms. The summed E-state index contributed by atoms with van der Waals surface area (Å²) in [5, 5.41) is 11.9. The van der Waals surface area contributed by atoms with Gasteiger partial charge in [0.25, 0.3) is 0 Å². The second kappa shape index (κ2) is 10.1. The van der Waals surface area contributed by atoms with E-state index in [4.69, 9.17) is 18.9 Å². The van der Waals surface area contributed by atoms with Crippen molar-refractivity contribution in [2.45, 2.75) is 19.1 Å². The minimum Gasteiger partial charge on any atom is -0.496 e. The van der Waals surface area contributed by atoms with Crippen molar-refractivity contribution < 1.29 is 33.6 Å². The van der Waals surface area contributed by atoms with Gasteiger partial charge in [0, 0.05) is 12.1 Å². The molecule has 2 rings (SSSR count). The molecule has 1 unspecified atom stereocenters. The topological polar surface area (TPSA) is 103 Å². The SMILES string of the molecule is COc1cc(OC)c(C(CC(=O)O)NC(=O)OCc2ccccc2)c(OC)c1. The largest absolute Gasteiger partial charge is 0.496 e. The summed E-state index contributed by atoms with van der Waals surface area (Å²) in [7, 11) is 4.36. The normalized spacial score (nSPS) is 11.2. The van der Waals surface area contributed by atoms with Crippen LogP contribution in [0.2, 0.25) is 0 Å². The fourth-order valence-electron chi connectivity index (χ4n) is 2.68. The van der Waals surface area contributed by atoms with Crippen LogP contribution in [-0.4, -0.2) is 38.5 Å². The first-order chi connectivity index (χ1) is 13.5. The third-order valence-electron chi connectivity index (χ3n) is 3.99. The third-order valence-corrected chi connectivity index (χ3v) is 3.99. The van der Waals surface area contributed by atoms with Crippen molar-refractivity contribution in [3.8, 4) is 17.2 Å². The molecule has 2 N–H and O–H groups in total. The Balaban J connectivity index is 2.25. The molecular formula is C20H23NO7. The highest BCUT2D eigenvalue weighted by Gasteiger charge is 2.27. The fraction of sp³-hybridized carbons (Fsp3) is 0.300. The molecule has 0 spiro atoms. The minimum absolute atomic E-state index is 0.0589. The first kappa shape index (κ1) is 20.9. The van der Waals surface area contributed by atoms with E-state index < -0.39 is 18.1 Å². The van der Waals surface area contributed by atoms with E-state index in [2.05, 4.69) is 5.32 Å². The Bertz CT molecular complexity index is 782. The van der Waals surface area contributed by atoms with Crippen LogP contribution in [0.4, 0.5) is 4.79 Å². The van der Waals surface area contributed by atoms with Gasteiger partial charge in [0.15, 0.2) is 0 Å². The highest BCUT2D eigenvalue weighted by Crippen LogP contribution is 2.39. The van der Waals surface area contributed by atoms with Gasteiger partial charge in [0.1, 0.15) is 23.9 Å². The molecule has 28 heavy (non-hydrogen) atoms.